The molecule has 0 aliphatic carbocycles. The number of carboxylic acids is 1. The number of carbonyl (C=O) groups is 1. The molecule has 0 bridgehead atoms. The Labute approximate surface area is 117 Å². The number of rotatable bonds is 2. The van der Waals surface area contributed by atoms with Crippen LogP contribution < -0.4 is 9.47 Å². The number of nitrogens with zero attached hydrogens (tertiary/aromatic N) is 1. The predicted octanol–water partition coefficient (Wildman–Crippen LogP) is 3.20. The lowest BCUT2D eigenvalue weighted by Crippen LogP contribution is -1.94. The second-order valence-corrected chi connectivity index (χ2v) is 5.34. The molecule has 1 aliphatic rings. The molecular formula is C12H8ClNO4S. The van der Waals surface area contributed by atoms with Gasteiger partial charge in [-0.2, -0.15) is 0 Å². The summed E-state index contributed by atoms with van der Waals surface area (Å²) in [5.41, 5.74) is 1.20. The molecular weight excluding hydrogens is 290 g/mol. The monoisotopic (exact) mass is 297 g/mol. The van der Waals surface area contributed by atoms with Gasteiger partial charge in [0, 0.05) is 5.56 Å². The molecule has 1 aromatic carbocycles. The zero-order chi connectivity index (χ0) is 13.6. The summed E-state index contributed by atoms with van der Waals surface area (Å²) >= 11 is 7.20. The first kappa shape index (κ1) is 12.3. The van der Waals surface area contributed by atoms with E-state index in [4.69, 9.17) is 26.2 Å². The van der Waals surface area contributed by atoms with Crippen LogP contribution in [-0.2, 0) is 0 Å². The molecule has 2 aromatic rings. The van der Waals surface area contributed by atoms with Crippen molar-refractivity contribution in [1.82, 2.24) is 4.98 Å². The smallest absolute Gasteiger partial charge is 0.347 e. The highest BCUT2D eigenvalue weighted by Gasteiger charge is 2.21. The van der Waals surface area contributed by atoms with Crippen molar-refractivity contribution >= 4 is 28.9 Å². The lowest BCUT2D eigenvalue weighted by molar-refractivity contribution is 0.0701. The SMILES string of the molecule is Cc1nc(-c2cc(Cl)c3c(c2)OCO3)sc1C(=O)O. The van der Waals surface area contributed by atoms with Crippen LogP contribution in [0.15, 0.2) is 12.1 Å². The van der Waals surface area contributed by atoms with Gasteiger partial charge in [-0.1, -0.05) is 11.6 Å². The molecule has 0 spiro atoms. The molecule has 2 heterocycles. The quantitative estimate of drug-likeness (QED) is 0.922. The predicted molar refractivity (Wildman–Crippen MR) is 70.4 cm³/mol. The zero-order valence-corrected chi connectivity index (χ0v) is 11.3. The van der Waals surface area contributed by atoms with E-state index < -0.39 is 5.97 Å². The van der Waals surface area contributed by atoms with Crippen LogP contribution in [0, 0.1) is 6.92 Å². The fourth-order valence-electron chi connectivity index (χ4n) is 1.81. The van der Waals surface area contributed by atoms with Gasteiger partial charge in [0.05, 0.1) is 10.7 Å². The van der Waals surface area contributed by atoms with Gasteiger partial charge < -0.3 is 14.6 Å². The number of aromatic nitrogens is 1. The van der Waals surface area contributed by atoms with Gasteiger partial charge in [-0.05, 0) is 19.1 Å². The number of benzene rings is 1. The summed E-state index contributed by atoms with van der Waals surface area (Å²) in [7, 11) is 0. The summed E-state index contributed by atoms with van der Waals surface area (Å²) in [4.78, 5) is 15.5. The average molecular weight is 298 g/mol. The number of thiazole rings is 1. The van der Waals surface area contributed by atoms with E-state index in [-0.39, 0.29) is 11.7 Å². The Kier molecular flexibility index (Phi) is 2.83. The second-order valence-electron chi connectivity index (χ2n) is 3.93. The third-order valence-electron chi connectivity index (χ3n) is 2.67. The van der Waals surface area contributed by atoms with Crippen molar-refractivity contribution in [3.63, 3.8) is 0 Å². The number of ether oxygens (including phenoxy) is 2. The number of carboxylic acid groups (broad SMARTS) is 1. The Balaban J connectivity index is 2.10. The van der Waals surface area contributed by atoms with Crippen LogP contribution in [-0.4, -0.2) is 22.9 Å². The van der Waals surface area contributed by atoms with Crippen LogP contribution in [0.5, 0.6) is 11.5 Å². The standard InChI is InChI=1S/C12H8ClNO4S/c1-5-10(12(15)16)19-11(14-5)6-2-7(13)9-8(3-6)17-4-18-9/h2-3H,4H2,1H3,(H,15,16). The summed E-state index contributed by atoms with van der Waals surface area (Å²) in [5.74, 6) is 0.0810. The fraction of sp³-hybridized carbons (Fsp3) is 0.167. The van der Waals surface area contributed by atoms with Crippen molar-refractivity contribution in [1.29, 1.82) is 0 Å². The summed E-state index contributed by atoms with van der Waals surface area (Å²) in [6.07, 6.45) is 0. The molecule has 0 atom stereocenters. The first-order chi connectivity index (χ1) is 9.06. The van der Waals surface area contributed by atoms with Gasteiger partial charge in [0.15, 0.2) is 11.5 Å². The van der Waals surface area contributed by atoms with E-state index in [2.05, 4.69) is 4.98 Å². The molecule has 7 heteroatoms. The van der Waals surface area contributed by atoms with E-state index in [0.29, 0.717) is 27.2 Å². The molecule has 1 aromatic heterocycles. The third kappa shape index (κ3) is 2.02. The van der Waals surface area contributed by atoms with Crippen molar-refractivity contribution in [2.45, 2.75) is 6.92 Å². The Morgan fingerprint density at radius 1 is 1.47 bits per heavy atom. The highest BCUT2D eigenvalue weighted by atomic mass is 35.5. The molecule has 0 radical (unpaired) electrons. The maximum absolute atomic E-state index is 11.0. The maximum atomic E-state index is 11.0. The van der Waals surface area contributed by atoms with E-state index in [1.165, 1.54) is 0 Å². The van der Waals surface area contributed by atoms with Gasteiger partial charge in [0.1, 0.15) is 9.88 Å². The number of fused-ring (bicyclic) bond motifs is 1. The van der Waals surface area contributed by atoms with Crippen LogP contribution in [0.25, 0.3) is 10.6 Å². The van der Waals surface area contributed by atoms with Gasteiger partial charge in [-0.3, -0.25) is 0 Å². The Morgan fingerprint density at radius 3 is 2.95 bits per heavy atom. The van der Waals surface area contributed by atoms with Gasteiger partial charge in [0.25, 0.3) is 0 Å². The zero-order valence-electron chi connectivity index (χ0n) is 9.77. The molecule has 98 valence electrons. The lowest BCUT2D eigenvalue weighted by Gasteiger charge is -2.02. The second kappa shape index (κ2) is 4.40. The highest BCUT2D eigenvalue weighted by Crippen LogP contribution is 2.43. The minimum Gasteiger partial charge on any atom is -0.477 e. The minimum absolute atomic E-state index is 0.135. The molecule has 5 nitrogen and oxygen atoms in total. The molecule has 19 heavy (non-hydrogen) atoms. The first-order valence-corrected chi connectivity index (χ1v) is 6.56. The van der Waals surface area contributed by atoms with Crippen LogP contribution in [0.1, 0.15) is 15.4 Å². The van der Waals surface area contributed by atoms with Gasteiger partial charge in [-0.15, -0.1) is 11.3 Å². The maximum Gasteiger partial charge on any atom is 0.347 e. The van der Waals surface area contributed by atoms with Gasteiger partial charge in [-0.25, -0.2) is 9.78 Å². The summed E-state index contributed by atoms with van der Waals surface area (Å²) < 4.78 is 10.5. The molecule has 0 fully saturated rings. The van der Waals surface area contributed by atoms with Crippen molar-refractivity contribution in [3.05, 3.63) is 27.7 Å². The molecule has 3 rings (SSSR count). The summed E-state index contributed by atoms with van der Waals surface area (Å²) in [5, 5.41) is 10.1. The topological polar surface area (TPSA) is 68.7 Å². The largest absolute Gasteiger partial charge is 0.477 e. The Hall–Kier alpha value is -1.79. The van der Waals surface area contributed by atoms with Crippen LogP contribution in [0.2, 0.25) is 5.02 Å². The fourth-order valence-corrected chi connectivity index (χ4v) is 2.97. The van der Waals surface area contributed by atoms with Gasteiger partial charge in [0.2, 0.25) is 6.79 Å². The first-order valence-electron chi connectivity index (χ1n) is 5.36. The van der Waals surface area contributed by atoms with E-state index in [1.54, 1.807) is 19.1 Å². The summed E-state index contributed by atoms with van der Waals surface area (Å²) in [6, 6.07) is 3.44. The molecule has 0 amide bonds. The van der Waals surface area contributed by atoms with E-state index in [9.17, 15) is 4.79 Å². The highest BCUT2D eigenvalue weighted by molar-refractivity contribution is 7.17. The van der Waals surface area contributed by atoms with Crippen molar-refractivity contribution in [2.75, 3.05) is 6.79 Å². The molecule has 0 saturated carbocycles. The molecule has 0 unspecified atom stereocenters. The van der Waals surface area contributed by atoms with Crippen molar-refractivity contribution in [2.24, 2.45) is 0 Å². The Morgan fingerprint density at radius 2 is 2.26 bits per heavy atom. The number of halogens is 1. The van der Waals surface area contributed by atoms with Crippen molar-refractivity contribution < 1.29 is 19.4 Å². The van der Waals surface area contributed by atoms with Crippen molar-refractivity contribution in [3.8, 4) is 22.1 Å². The Bertz CT molecular complexity index is 683. The van der Waals surface area contributed by atoms with Crippen LogP contribution in [0.3, 0.4) is 0 Å². The van der Waals surface area contributed by atoms with E-state index in [1.807, 2.05) is 0 Å². The van der Waals surface area contributed by atoms with Crippen LogP contribution >= 0.6 is 22.9 Å². The summed E-state index contributed by atoms with van der Waals surface area (Å²) in [6.45, 7) is 1.80. The third-order valence-corrected chi connectivity index (χ3v) is 4.14. The lowest BCUT2D eigenvalue weighted by atomic mass is 10.2. The number of aromatic carboxylic acids is 1. The van der Waals surface area contributed by atoms with E-state index in [0.717, 1.165) is 16.9 Å². The molecule has 1 aliphatic heterocycles. The number of hydrogen-bond donors (Lipinski definition) is 1. The normalized spacial score (nSPS) is 12.7. The minimum atomic E-state index is -0.979. The average Bonchev–Trinajstić information content (AvgIpc) is 2.94. The molecule has 1 N–H and O–H groups in total. The van der Waals surface area contributed by atoms with Crippen LogP contribution in [0.4, 0.5) is 0 Å². The number of aryl methyl sites for hydroxylation is 1. The number of hydrogen-bond acceptors (Lipinski definition) is 5. The van der Waals surface area contributed by atoms with Gasteiger partial charge >= 0.3 is 5.97 Å². The van der Waals surface area contributed by atoms with E-state index >= 15 is 0 Å². The molecule has 0 saturated heterocycles.